The van der Waals surface area contributed by atoms with E-state index in [1.807, 2.05) is 49.4 Å². The Labute approximate surface area is 111 Å². The van der Waals surface area contributed by atoms with Crippen LogP contribution in [0.1, 0.15) is 18.5 Å². The van der Waals surface area contributed by atoms with Crippen LogP contribution < -0.4 is 5.32 Å². The van der Waals surface area contributed by atoms with Crippen molar-refractivity contribution in [3.63, 3.8) is 0 Å². The maximum absolute atomic E-state index is 11.5. The van der Waals surface area contributed by atoms with Gasteiger partial charge < -0.3 is 5.32 Å². The molecule has 0 fully saturated rings. The van der Waals surface area contributed by atoms with Crippen molar-refractivity contribution in [3.05, 3.63) is 48.0 Å². The van der Waals surface area contributed by atoms with Crippen LogP contribution in [0.25, 0.3) is 10.8 Å². The van der Waals surface area contributed by atoms with Gasteiger partial charge in [0.15, 0.2) is 0 Å². The van der Waals surface area contributed by atoms with Crippen LogP contribution in [0.2, 0.25) is 0 Å². The van der Waals surface area contributed by atoms with E-state index < -0.39 is 6.03 Å². The molecule has 0 aliphatic carbocycles. The molecule has 2 rings (SSSR count). The van der Waals surface area contributed by atoms with Gasteiger partial charge in [0.2, 0.25) is 0 Å². The number of benzene rings is 2. The Hall–Kier alpha value is -2.11. The molecule has 2 N–H and O–H groups in total. The van der Waals surface area contributed by atoms with Gasteiger partial charge in [0, 0.05) is 0 Å². The van der Waals surface area contributed by atoms with Gasteiger partial charge in [0.1, 0.15) is 0 Å². The lowest BCUT2D eigenvalue weighted by Gasteiger charge is -2.18. The summed E-state index contributed by atoms with van der Waals surface area (Å²) in [6, 6.07) is 13.0. The summed E-state index contributed by atoms with van der Waals surface area (Å²) in [6.45, 7) is 1.84. The van der Waals surface area contributed by atoms with Gasteiger partial charge in [0.25, 0.3) is 0 Å². The maximum atomic E-state index is 11.5. The Kier molecular flexibility index (Phi) is 3.99. The first kappa shape index (κ1) is 13.3. The van der Waals surface area contributed by atoms with Crippen LogP contribution in [0, 0.1) is 0 Å². The van der Waals surface area contributed by atoms with Crippen LogP contribution in [0.3, 0.4) is 0 Å². The van der Waals surface area contributed by atoms with Gasteiger partial charge in [-0.05, 0) is 29.3 Å². The fourth-order valence-electron chi connectivity index (χ4n) is 1.88. The summed E-state index contributed by atoms with van der Waals surface area (Å²) in [4.78, 5) is 15.9. The molecule has 0 aromatic heterocycles. The number of urea groups is 1. The van der Waals surface area contributed by atoms with Crippen molar-refractivity contribution < 1.29 is 14.8 Å². The van der Waals surface area contributed by atoms with E-state index in [0.717, 1.165) is 16.3 Å². The first-order chi connectivity index (χ1) is 9.11. The average Bonchev–Trinajstić information content (AvgIpc) is 2.45. The van der Waals surface area contributed by atoms with Crippen molar-refractivity contribution in [1.82, 2.24) is 10.5 Å². The van der Waals surface area contributed by atoms with Gasteiger partial charge in [-0.3, -0.25) is 5.21 Å². The van der Waals surface area contributed by atoms with Crippen LogP contribution in [-0.2, 0) is 4.84 Å². The van der Waals surface area contributed by atoms with Crippen LogP contribution in [0.15, 0.2) is 42.5 Å². The second-order valence-electron chi connectivity index (χ2n) is 4.23. The van der Waals surface area contributed by atoms with E-state index >= 15 is 0 Å². The third-order valence-electron chi connectivity index (χ3n) is 2.96. The zero-order valence-corrected chi connectivity index (χ0v) is 10.8. The minimum Gasteiger partial charge on any atom is -0.328 e. The Morgan fingerprint density at radius 1 is 1.26 bits per heavy atom. The average molecular weight is 260 g/mol. The summed E-state index contributed by atoms with van der Waals surface area (Å²) < 4.78 is 0. The molecule has 2 aromatic carbocycles. The van der Waals surface area contributed by atoms with Crippen LogP contribution in [0.4, 0.5) is 4.79 Å². The molecule has 0 radical (unpaired) electrons. The zero-order valence-electron chi connectivity index (χ0n) is 10.8. The third-order valence-corrected chi connectivity index (χ3v) is 2.96. The molecule has 0 heterocycles. The van der Waals surface area contributed by atoms with Crippen molar-refractivity contribution in [2.24, 2.45) is 0 Å². The Morgan fingerprint density at radius 3 is 2.63 bits per heavy atom. The second kappa shape index (κ2) is 5.69. The van der Waals surface area contributed by atoms with Crippen molar-refractivity contribution in [2.45, 2.75) is 13.0 Å². The quantitative estimate of drug-likeness (QED) is 0.659. The van der Waals surface area contributed by atoms with E-state index in [4.69, 9.17) is 5.21 Å². The van der Waals surface area contributed by atoms with E-state index in [2.05, 4.69) is 10.2 Å². The lowest BCUT2D eigenvalue weighted by Crippen LogP contribution is -2.38. The Balaban J connectivity index is 2.17. The molecule has 0 saturated carbocycles. The van der Waals surface area contributed by atoms with E-state index in [0.29, 0.717) is 0 Å². The predicted octanol–water partition coefficient (Wildman–Crippen LogP) is 2.86. The fourth-order valence-corrected chi connectivity index (χ4v) is 1.88. The molecule has 100 valence electrons. The summed E-state index contributed by atoms with van der Waals surface area (Å²) in [6.07, 6.45) is 0. The largest absolute Gasteiger partial charge is 0.367 e. The summed E-state index contributed by atoms with van der Waals surface area (Å²) >= 11 is 0. The molecule has 1 atom stereocenters. The first-order valence-electron chi connectivity index (χ1n) is 5.94. The highest BCUT2D eigenvalue weighted by molar-refractivity contribution is 5.83. The van der Waals surface area contributed by atoms with Crippen molar-refractivity contribution >= 4 is 16.8 Å². The van der Waals surface area contributed by atoms with E-state index in [-0.39, 0.29) is 11.3 Å². The minimum atomic E-state index is -0.705. The summed E-state index contributed by atoms with van der Waals surface area (Å²) in [7, 11) is 1.21. The van der Waals surface area contributed by atoms with Crippen molar-refractivity contribution in [3.8, 4) is 0 Å². The molecule has 2 aromatic rings. The van der Waals surface area contributed by atoms with E-state index in [1.165, 1.54) is 7.11 Å². The first-order valence-corrected chi connectivity index (χ1v) is 5.94. The van der Waals surface area contributed by atoms with E-state index in [1.54, 1.807) is 0 Å². The van der Waals surface area contributed by atoms with Gasteiger partial charge >= 0.3 is 6.03 Å². The summed E-state index contributed by atoms with van der Waals surface area (Å²) in [5.74, 6) is 0. The number of carbonyl (C=O) groups excluding carboxylic acids is 1. The molecule has 1 unspecified atom stereocenters. The molecule has 5 heteroatoms. The number of amides is 2. The smallest absolute Gasteiger partial charge is 0.328 e. The molecule has 19 heavy (non-hydrogen) atoms. The van der Waals surface area contributed by atoms with Crippen molar-refractivity contribution in [1.29, 1.82) is 0 Å². The third kappa shape index (κ3) is 3.01. The predicted molar refractivity (Wildman–Crippen MR) is 71.5 cm³/mol. The van der Waals surface area contributed by atoms with Crippen LogP contribution in [0.5, 0.6) is 0 Å². The summed E-state index contributed by atoms with van der Waals surface area (Å²) in [5.41, 5.74) is 0.955. The molecule has 5 nitrogen and oxygen atoms in total. The van der Waals surface area contributed by atoms with Gasteiger partial charge in [-0.1, -0.05) is 41.6 Å². The SMILES string of the molecule is CON(O)C(=O)NC(C)c1ccc2ccccc2c1. The lowest BCUT2D eigenvalue weighted by atomic mass is 10.0. The van der Waals surface area contributed by atoms with Crippen LogP contribution in [-0.4, -0.2) is 23.6 Å². The van der Waals surface area contributed by atoms with E-state index in [9.17, 15) is 4.79 Å². The molecule has 2 amide bonds. The highest BCUT2D eigenvalue weighted by Crippen LogP contribution is 2.20. The molecule has 0 aliphatic rings. The molecular weight excluding hydrogens is 244 g/mol. The normalized spacial score (nSPS) is 12.2. The number of hydrogen-bond acceptors (Lipinski definition) is 3. The van der Waals surface area contributed by atoms with Gasteiger partial charge in [-0.15, -0.1) is 0 Å². The number of carbonyl (C=O) groups is 1. The van der Waals surface area contributed by atoms with Crippen molar-refractivity contribution in [2.75, 3.05) is 7.11 Å². The number of nitrogens with one attached hydrogen (secondary N) is 1. The van der Waals surface area contributed by atoms with Gasteiger partial charge in [0.05, 0.1) is 13.2 Å². The number of hydrogen-bond donors (Lipinski definition) is 2. The maximum Gasteiger partial charge on any atom is 0.367 e. The highest BCUT2D eigenvalue weighted by Gasteiger charge is 2.14. The lowest BCUT2D eigenvalue weighted by molar-refractivity contribution is -0.279. The Morgan fingerprint density at radius 2 is 1.95 bits per heavy atom. The fraction of sp³-hybridized carbons (Fsp3) is 0.214. The standard InChI is InChI=1S/C14H16N2O3/c1-10(15-14(17)16(18)19-2)12-8-7-11-5-3-4-6-13(11)9-12/h3-10,18H,1-2H3,(H,15,17). The minimum absolute atomic E-state index is 0.164. The topological polar surface area (TPSA) is 61.8 Å². The second-order valence-corrected chi connectivity index (χ2v) is 4.23. The molecule has 0 spiro atoms. The highest BCUT2D eigenvalue weighted by atomic mass is 16.9. The zero-order chi connectivity index (χ0) is 13.8. The number of hydroxylamine groups is 2. The number of fused-ring (bicyclic) bond motifs is 1. The van der Waals surface area contributed by atoms with Gasteiger partial charge in [-0.2, -0.15) is 0 Å². The molecular formula is C14H16N2O3. The summed E-state index contributed by atoms with van der Waals surface area (Å²) in [5, 5.41) is 14.1. The van der Waals surface area contributed by atoms with Gasteiger partial charge in [-0.25, -0.2) is 9.63 Å². The molecule has 0 aliphatic heterocycles. The monoisotopic (exact) mass is 260 g/mol. The Bertz CT molecular complexity index is 586. The van der Waals surface area contributed by atoms with Crippen LogP contribution >= 0.6 is 0 Å². The molecule has 0 bridgehead atoms. The number of rotatable bonds is 3. The molecule has 0 saturated heterocycles. The number of nitrogens with zero attached hydrogens (tertiary/aromatic N) is 1.